The summed E-state index contributed by atoms with van der Waals surface area (Å²) in [6.45, 7) is 8.27. The summed E-state index contributed by atoms with van der Waals surface area (Å²) in [4.78, 5) is 16.5. The normalized spacial score (nSPS) is 30.5. The highest BCUT2D eigenvalue weighted by atomic mass is 32.2. The molecule has 0 radical (unpaired) electrons. The van der Waals surface area contributed by atoms with E-state index < -0.39 is 0 Å². The minimum atomic E-state index is 0.287. The van der Waals surface area contributed by atoms with E-state index in [9.17, 15) is 4.79 Å². The van der Waals surface area contributed by atoms with Gasteiger partial charge in [0.15, 0.2) is 0 Å². The second kappa shape index (κ2) is 5.98. The SMILES string of the molecule is CCC1CN(C(=O)N2CCCC(C)C2)CCS1. The molecule has 2 saturated heterocycles. The number of amides is 2. The summed E-state index contributed by atoms with van der Waals surface area (Å²) in [6.07, 6.45) is 3.62. The number of nitrogens with zero attached hydrogens (tertiary/aromatic N) is 2. The zero-order valence-corrected chi connectivity index (χ0v) is 11.8. The van der Waals surface area contributed by atoms with E-state index >= 15 is 0 Å². The van der Waals surface area contributed by atoms with E-state index in [4.69, 9.17) is 0 Å². The first-order chi connectivity index (χ1) is 8.20. The van der Waals surface area contributed by atoms with Crippen LogP contribution in [0.3, 0.4) is 0 Å². The average Bonchev–Trinajstić information content (AvgIpc) is 2.38. The van der Waals surface area contributed by atoms with E-state index in [0.29, 0.717) is 11.2 Å². The fraction of sp³-hybridized carbons (Fsp3) is 0.923. The maximum atomic E-state index is 12.4. The van der Waals surface area contributed by atoms with Gasteiger partial charge >= 0.3 is 6.03 Å². The molecule has 17 heavy (non-hydrogen) atoms. The minimum Gasteiger partial charge on any atom is -0.324 e. The molecule has 98 valence electrons. The minimum absolute atomic E-state index is 0.287. The van der Waals surface area contributed by atoms with Crippen LogP contribution in [0, 0.1) is 5.92 Å². The van der Waals surface area contributed by atoms with Crippen molar-refractivity contribution in [3.63, 3.8) is 0 Å². The first kappa shape index (κ1) is 13.1. The van der Waals surface area contributed by atoms with Crippen molar-refractivity contribution in [1.29, 1.82) is 0 Å². The summed E-state index contributed by atoms with van der Waals surface area (Å²) in [7, 11) is 0. The van der Waals surface area contributed by atoms with E-state index in [1.165, 1.54) is 19.3 Å². The molecule has 0 aromatic carbocycles. The van der Waals surface area contributed by atoms with Crippen LogP contribution in [-0.4, -0.2) is 53.0 Å². The van der Waals surface area contributed by atoms with E-state index in [2.05, 4.69) is 23.6 Å². The van der Waals surface area contributed by atoms with Gasteiger partial charge in [-0.3, -0.25) is 0 Å². The maximum Gasteiger partial charge on any atom is 0.320 e. The molecule has 2 fully saturated rings. The van der Waals surface area contributed by atoms with Crippen molar-refractivity contribution in [3.8, 4) is 0 Å². The number of carbonyl (C=O) groups is 1. The van der Waals surface area contributed by atoms with Crippen molar-refractivity contribution >= 4 is 17.8 Å². The molecule has 2 unspecified atom stereocenters. The van der Waals surface area contributed by atoms with Crippen molar-refractivity contribution in [3.05, 3.63) is 0 Å². The summed E-state index contributed by atoms with van der Waals surface area (Å²) < 4.78 is 0. The van der Waals surface area contributed by atoms with Crippen LogP contribution in [0.1, 0.15) is 33.1 Å². The molecule has 0 saturated carbocycles. The van der Waals surface area contributed by atoms with Crippen molar-refractivity contribution in [2.24, 2.45) is 5.92 Å². The lowest BCUT2D eigenvalue weighted by Gasteiger charge is -2.38. The van der Waals surface area contributed by atoms with Crippen LogP contribution in [-0.2, 0) is 0 Å². The lowest BCUT2D eigenvalue weighted by molar-refractivity contribution is 0.132. The molecule has 2 atom stereocenters. The quantitative estimate of drug-likeness (QED) is 0.720. The maximum absolute atomic E-state index is 12.4. The van der Waals surface area contributed by atoms with Gasteiger partial charge < -0.3 is 9.80 Å². The van der Waals surface area contributed by atoms with E-state index in [1.807, 2.05) is 11.8 Å². The lowest BCUT2D eigenvalue weighted by Crippen LogP contribution is -2.51. The van der Waals surface area contributed by atoms with Crippen LogP contribution in [0.2, 0.25) is 0 Å². The molecule has 0 bridgehead atoms. The number of piperidine rings is 1. The van der Waals surface area contributed by atoms with Crippen LogP contribution < -0.4 is 0 Å². The molecule has 0 aromatic heterocycles. The largest absolute Gasteiger partial charge is 0.324 e. The molecule has 3 nitrogen and oxygen atoms in total. The highest BCUT2D eigenvalue weighted by molar-refractivity contribution is 8.00. The third kappa shape index (κ3) is 3.30. The Kier molecular flexibility index (Phi) is 4.60. The Hall–Kier alpha value is -0.380. The first-order valence-electron chi connectivity index (χ1n) is 6.86. The zero-order valence-electron chi connectivity index (χ0n) is 11.0. The second-order valence-corrected chi connectivity index (χ2v) is 6.73. The number of carbonyl (C=O) groups excluding carboxylic acids is 1. The van der Waals surface area contributed by atoms with Crippen molar-refractivity contribution in [1.82, 2.24) is 9.80 Å². The highest BCUT2D eigenvalue weighted by Gasteiger charge is 2.28. The second-order valence-electron chi connectivity index (χ2n) is 5.32. The average molecular weight is 256 g/mol. The summed E-state index contributed by atoms with van der Waals surface area (Å²) in [6, 6.07) is 0.287. The lowest BCUT2D eigenvalue weighted by atomic mass is 10.0. The summed E-state index contributed by atoms with van der Waals surface area (Å²) in [5, 5.41) is 0.648. The van der Waals surface area contributed by atoms with Crippen molar-refractivity contribution < 1.29 is 4.79 Å². The summed E-state index contributed by atoms with van der Waals surface area (Å²) in [5.74, 6) is 1.78. The van der Waals surface area contributed by atoms with Gasteiger partial charge in [-0.05, 0) is 25.2 Å². The molecular weight excluding hydrogens is 232 g/mol. The van der Waals surface area contributed by atoms with Crippen LogP contribution in [0.25, 0.3) is 0 Å². The molecule has 2 rings (SSSR count). The Morgan fingerprint density at radius 3 is 2.76 bits per heavy atom. The molecule has 4 heteroatoms. The summed E-state index contributed by atoms with van der Waals surface area (Å²) >= 11 is 2.02. The van der Waals surface area contributed by atoms with E-state index in [0.717, 1.165) is 31.9 Å². The van der Waals surface area contributed by atoms with Gasteiger partial charge in [0, 0.05) is 37.2 Å². The van der Waals surface area contributed by atoms with Gasteiger partial charge in [0.25, 0.3) is 0 Å². The Morgan fingerprint density at radius 1 is 1.29 bits per heavy atom. The zero-order chi connectivity index (χ0) is 12.3. The smallest absolute Gasteiger partial charge is 0.320 e. The molecule has 2 aliphatic rings. The summed E-state index contributed by atoms with van der Waals surface area (Å²) in [5.41, 5.74) is 0. The molecular formula is C13H24N2OS. The van der Waals surface area contributed by atoms with Gasteiger partial charge in [0.1, 0.15) is 0 Å². The Balaban J connectivity index is 1.89. The molecule has 2 amide bonds. The van der Waals surface area contributed by atoms with E-state index in [1.54, 1.807) is 0 Å². The number of hydrogen-bond donors (Lipinski definition) is 0. The number of urea groups is 1. The molecule has 2 aliphatic heterocycles. The van der Waals surface area contributed by atoms with Gasteiger partial charge in [-0.15, -0.1) is 0 Å². The van der Waals surface area contributed by atoms with Gasteiger partial charge in [-0.2, -0.15) is 11.8 Å². The molecule has 0 N–H and O–H groups in total. The highest BCUT2D eigenvalue weighted by Crippen LogP contribution is 2.23. The fourth-order valence-electron chi connectivity index (χ4n) is 2.70. The number of rotatable bonds is 1. The van der Waals surface area contributed by atoms with Crippen molar-refractivity contribution in [2.75, 3.05) is 31.9 Å². The van der Waals surface area contributed by atoms with Crippen molar-refractivity contribution in [2.45, 2.75) is 38.4 Å². The standard InChI is InChI=1S/C13H24N2OS/c1-3-12-10-15(7-8-17-12)13(16)14-6-4-5-11(2)9-14/h11-12H,3-10H2,1-2H3. The van der Waals surface area contributed by atoms with Gasteiger partial charge in [0.05, 0.1) is 0 Å². The van der Waals surface area contributed by atoms with Gasteiger partial charge in [-0.25, -0.2) is 4.79 Å². The molecule has 0 spiro atoms. The number of thioether (sulfide) groups is 1. The Morgan fingerprint density at radius 2 is 2.06 bits per heavy atom. The molecule has 2 heterocycles. The Bertz CT molecular complexity index is 272. The van der Waals surface area contributed by atoms with Crippen LogP contribution in [0.15, 0.2) is 0 Å². The Labute approximate surface area is 109 Å². The van der Waals surface area contributed by atoms with Gasteiger partial charge in [0.2, 0.25) is 0 Å². The third-order valence-corrected chi connectivity index (χ3v) is 5.16. The van der Waals surface area contributed by atoms with Crippen LogP contribution in [0.4, 0.5) is 4.79 Å². The number of hydrogen-bond acceptors (Lipinski definition) is 2. The predicted octanol–water partition coefficient (Wildman–Crippen LogP) is 2.67. The van der Waals surface area contributed by atoms with Crippen LogP contribution in [0.5, 0.6) is 0 Å². The first-order valence-corrected chi connectivity index (χ1v) is 7.91. The van der Waals surface area contributed by atoms with E-state index in [-0.39, 0.29) is 6.03 Å². The third-order valence-electron chi connectivity index (χ3n) is 3.79. The van der Waals surface area contributed by atoms with Gasteiger partial charge in [-0.1, -0.05) is 13.8 Å². The molecule has 0 aromatic rings. The van der Waals surface area contributed by atoms with Crippen LogP contribution >= 0.6 is 11.8 Å². The molecule has 0 aliphatic carbocycles. The predicted molar refractivity (Wildman–Crippen MR) is 73.5 cm³/mol. The topological polar surface area (TPSA) is 23.6 Å². The fourth-order valence-corrected chi connectivity index (χ4v) is 3.88. The monoisotopic (exact) mass is 256 g/mol. The number of likely N-dealkylation sites (tertiary alicyclic amines) is 1.